The second-order valence-corrected chi connectivity index (χ2v) is 8.54. The number of carbonyl (C=O) groups excluding carboxylic acids is 1. The standard InChI is InChI=1S/C25H32N2O5/c1-3-19-8-4-5-9-21(19)27-18-25(32-24(27)29)12-14-26(15-13-25)16-20(28)17-31-23-11-7-6-10-22(23)30-2/h4-11,20,28H,3,12-18H2,1-2H3. The molecule has 0 saturated carbocycles. The molecule has 0 bridgehead atoms. The van der Waals surface area contributed by atoms with Gasteiger partial charge in [-0.05, 0) is 30.2 Å². The van der Waals surface area contributed by atoms with Gasteiger partial charge in [0.2, 0.25) is 0 Å². The molecule has 2 fully saturated rings. The lowest BCUT2D eigenvalue weighted by molar-refractivity contribution is -0.0142. The Morgan fingerprint density at radius 1 is 1.09 bits per heavy atom. The lowest BCUT2D eigenvalue weighted by Gasteiger charge is -2.38. The van der Waals surface area contributed by atoms with Gasteiger partial charge in [0.05, 0.1) is 19.3 Å². The minimum Gasteiger partial charge on any atom is -0.493 e. The number of hydrogen-bond acceptors (Lipinski definition) is 6. The molecule has 4 rings (SSSR count). The molecule has 7 nitrogen and oxygen atoms in total. The molecule has 2 aromatic carbocycles. The van der Waals surface area contributed by atoms with Crippen molar-refractivity contribution in [2.45, 2.75) is 37.9 Å². The van der Waals surface area contributed by atoms with Crippen LogP contribution in [0.5, 0.6) is 11.5 Å². The lowest BCUT2D eigenvalue weighted by Crippen LogP contribution is -2.49. The van der Waals surface area contributed by atoms with Crippen molar-refractivity contribution in [1.29, 1.82) is 0 Å². The summed E-state index contributed by atoms with van der Waals surface area (Å²) in [5.74, 6) is 1.27. The van der Waals surface area contributed by atoms with Crippen LogP contribution in [0.3, 0.4) is 0 Å². The van der Waals surface area contributed by atoms with E-state index in [1.165, 1.54) is 0 Å². The van der Waals surface area contributed by atoms with E-state index in [2.05, 4.69) is 17.9 Å². The Balaban J connectivity index is 1.29. The zero-order valence-corrected chi connectivity index (χ0v) is 18.8. The van der Waals surface area contributed by atoms with E-state index in [0.717, 1.165) is 43.6 Å². The van der Waals surface area contributed by atoms with Gasteiger partial charge in [0.25, 0.3) is 0 Å². The Hall–Kier alpha value is -2.77. The number of β-amino-alcohol motifs (C(OH)–C–C–N with tert-alkyl or cyclic N) is 1. The van der Waals surface area contributed by atoms with Crippen molar-refractivity contribution in [3.05, 3.63) is 54.1 Å². The number of anilines is 1. The number of ether oxygens (including phenoxy) is 3. The molecule has 1 unspecified atom stereocenters. The van der Waals surface area contributed by atoms with E-state index in [9.17, 15) is 9.90 Å². The molecule has 2 aromatic rings. The van der Waals surface area contributed by atoms with Gasteiger partial charge in [0, 0.05) is 32.5 Å². The summed E-state index contributed by atoms with van der Waals surface area (Å²) in [5.41, 5.74) is 1.65. The molecular weight excluding hydrogens is 408 g/mol. The van der Waals surface area contributed by atoms with E-state index in [4.69, 9.17) is 14.2 Å². The van der Waals surface area contributed by atoms with Crippen LogP contribution in [-0.4, -0.2) is 67.7 Å². The van der Waals surface area contributed by atoms with Gasteiger partial charge in [-0.1, -0.05) is 37.3 Å². The molecule has 1 amide bonds. The van der Waals surface area contributed by atoms with Gasteiger partial charge in [-0.15, -0.1) is 0 Å². The van der Waals surface area contributed by atoms with E-state index in [1.807, 2.05) is 42.5 Å². The van der Waals surface area contributed by atoms with Gasteiger partial charge < -0.3 is 24.2 Å². The first kappa shape index (κ1) is 22.4. The number of methoxy groups -OCH3 is 1. The molecule has 0 aromatic heterocycles. The number of benzene rings is 2. The lowest BCUT2D eigenvalue weighted by atomic mass is 9.91. The fraction of sp³-hybridized carbons (Fsp3) is 0.480. The van der Waals surface area contributed by atoms with Crippen LogP contribution in [0.4, 0.5) is 10.5 Å². The van der Waals surface area contributed by atoms with Crippen LogP contribution >= 0.6 is 0 Å². The summed E-state index contributed by atoms with van der Waals surface area (Å²) < 4.78 is 16.9. The average Bonchev–Trinajstić information content (AvgIpc) is 3.14. The summed E-state index contributed by atoms with van der Waals surface area (Å²) in [6, 6.07) is 15.4. The van der Waals surface area contributed by atoms with Crippen LogP contribution in [0.1, 0.15) is 25.3 Å². The Morgan fingerprint density at radius 3 is 2.50 bits per heavy atom. The molecule has 2 saturated heterocycles. The number of aryl methyl sites for hydroxylation is 1. The number of amides is 1. The summed E-state index contributed by atoms with van der Waals surface area (Å²) in [7, 11) is 1.60. The zero-order chi connectivity index (χ0) is 22.6. The van der Waals surface area contributed by atoms with Crippen molar-refractivity contribution in [3.63, 3.8) is 0 Å². The maximum absolute atomic E-state index is 12.7. The highest BCUT2D eigenvalue weighted by atomic mass is 16.6. The summed E-state index contributed by atoms with van der Waals surface area (Å²) in [5, 5.41) is 10.5. The first-order valence-corrected chi connectivity index (χ1v) is 11.3. The molecular formula is C25H32N2O5. The third-order valence-corrected chi connectivity index (χ3v) is 6.37. The number of carbonyl (C=O) groups is 1. The molecule has 1 N–H and O–H groups in total. The number of aliphatic hydroxyl groups excluding tert-OH is 1. The number of rotatable bonds is 8. The number of para-hydroxylation sites is 3. The van der Waals surface area contributed by atoms with E-state index < -0.39 is 11.7 Å². The van der Waals surface area contributed by atoms with Gasteiger partial charge in [-0.3, -0.25) is 4.90 Å². The van der Waals surface area contributed by atoms with Crippen LogP contribution in [0.25, 0.3) is 0 Å². The topological polar surface area (TPSA) is 71.5 Å². The molecule has 0 aliphatic carbocycles. The Morgan fingerprint density at radius 2 is 1.78 bits per heavy atom. The Bertz CT molecular complexity index is 926. The molecule has 172 valence electrons. The first-order chi connectivity index (χ1) is 15.5. The maximum Gasteiger partial charge on any atom is 0.415 e. The van der Waals surface area contributed by atoms with Crippen molar-refractivity contribution in [1.82, 2.24) is 4.90 Å². The minimum absolute atomic E-state index is 0.193. The largest absolute Gasteiger partial charge is 0.493 e. The second kappa shape index (κ2) is 9.79. The number of aliphatic hydroxyl groups is 1. The summed E-state index contributed by atoms with van der Waals surface area (Å²) in [6.45, 7) is 4.91. The van der Waals surface area contributed by atoms with Crippen LogP contribution in [0.15, 0.2) is 48.5 Å². The van der Waals surface area contributed by atoms with Crippen LogP contribution in [-0.2, 0) is 11.2 Å². The molecule has 0 radical (unpaired) electrons. The second-order valence-electron chi connectivity index (χ2n) is 8.54. The molecule has 2 heterocycles. The molecule has 1 spiro atoms. The van der Waals surface area contributed by atoms with Gasteiger partial charge in [-0.2, -0.15) is 0 Å². The normalized spacial score (nSPS) is 19.1. The predicted octanol–water partition coefficient (Wildman–Crippen LogP) is 3.49. The van der Waals surface area contributed by atoms with Crippen molar-refractivity contribution in [2.24, 2.45) is 0 Å². The van der Waals surface area contributed by atoms with Crippen LogP contribution < -0.4 is 14.4 Å². The fourth-order valence-corrected chi connectivity index (χ4v) is 4.56. The average molecular weight is 441 g/mol. The maximum atomic E-state index is 12.7. The van der Waals surface area contributed by atoms with Crippen molar-refractivity contribution in [2.75, 3.05) is 44.8 Å². The van der Waals surface area contributed by atoms with E-state index >= 15 is 0 Å². The monoisotopic (exact) mass is 440 g/mol. The highest BCUT2D eigenvalue weighted by molar-refractivity contribution is 5.91. The van der Waals surface area contributed by atoms with Crippen molar-refractivity contribution < 1.29 is 24.1 Å². The molecule has 2 aliphatic heterocycles. The Kier molecular flexibility index (Phi) is 6.86. The summed E-state index contributed by atoms with van der Waals surface area (Å²) in [6.07, 6.45) is 1.50. The number of nitrogens with zero attached hydrogens (tertiary/aromatic N) is 2. The van der Waals surface area contributed by atoms with E-state index in [-0.39, 0.29) is 12.7 Å². The Labute approximate surface area is 189 Å². The van der Waals surface area contributed by atoms with Gasteiger partial charge in [0.15, 0.2) is 11.5 Å². The van der Waals surface area contributed by atoms with E-state index in [1.54, 1.807) is 12.0 Å². The highest BCUT2D eigenvalue weighted by Crippen LogP contribution is 2.37. The molecule has 32 heavy (non-hydrogen) atoms. The quantitative estimate of drug-likeness (QED) is 0.678. The van der Waals surface area contributed by atoms with E-state index in [0.29, 0.717) is 24.6 Å². The minimum atomic E-state index is -0.618. The SMILES string of the molecule is CCc1ccccc1N1CC2(CCN(CC(O)COc3ccccc3OC)CC2)OC1=O. The number of piperidine rings is 1. The third-order valence-electron chi connectivity index (χ3n) is 6.37. The zero-order valence-electron chi connectivity index (χ0n) is 18.8. The van der Waals surface area contributed by atoms with Crippen molar-refractivity contribution >= 4 is 11.8 Å². The smallest absolute Gasteiger partial charge is 0.415 e. The van der Waals surface area contributed by atoms with Crippen molar-refractivity contribution in [3.8, 4) is 11.5 Å². The molecule has 7 heteroatoms. The van der Waals surface area contributed by atoms with Gasteiger partial charge in [0.1, 0.15) is 18.3 Å². The number of hydrogen-bond donors (Lipinski definition) is 1. The van der Waals surface area contributed by atoms with Crippen LogP contribution in [0, 0.1) is 0 Å². The number of likely N-dealkylation sites (tertiary alicyclic amines) is 1. The molecule has 1 atom stereocenters. The van der Waals surface area contributed by atoms with Gasteiger partial charge in [-0.25, -0.2) is 4.79 Å². The van der Waals surface area contributed by atoms with Gasteiger partial charge >= 0.3 is 6.09 Å². The third kappa shape index (κ3) is 4.84. The molecule has 2 aliphatic rings. The summed E-state index contributed by atoms with van der Waals surface area (Å²) >= 11 is 0. The fourth-order valence-electron chi connectivity index (χ4n) is 4.56. The first-order valence-electron chi connectivity index (χ1n) is 11.3. The highest BCUT2D eigenvalue weighted by Gasteiger charge is 2.47. The summed E-state index contributed by atoms with van der Waals surface area (Å²) in [4.78, 5) is 16.7. The van der Waals surface area contributed by atoms with Crippen LogP contribution in [0.2, 0.25) is 0 Å². The predicted molar refractivity (Wildman–Crippen MR) is 123 cm³/mol.